The van der Waals surface area contributed by atoms with Crippen LogP contribution in [0.5, 0.6) is 5.75 Å². The first-order valence-electron chi connectivity index (χ1n) is 13.6. The zero-order valence-electron chi connectivity index (χ0n) is 23.6. The van der Waals surface area contributed by atoms with Crippen LogP contribution in [0.2, 0.25) is 0 Å². The van der Waals surface area contributed by atoms with Crippen LogP contribution >= 0.6 is 0 Å². The van der Waals surface area contributed by atoms with E-state index in [1.807, 2.05) is 55.5 Å². The Hall–Kier alpha value is -4.25. The summed E-state index contributed by atoms with van der Waals surface area (Å²) < 4.78 is 12.8. The highest BCUT2D eigenvalue weighted by Crippen LogP contribution is 2.48. The molecule has 0 amide bonds. The number of carbonyl (C=O) groups is 1. The van der Waals surface area contributed by atoms with Crippen LogP contribution in [0.3, 0.4) is 0 Å². The number of ether oxygens (including phenoxy) is 2. The molecule has 0 fully saturated rings. The fourth-order valence-electron chi connectivity index (χ4n) is 5.50. The van der Waals surface area contributed by atoms with Gasteiger partial charge in [-0.25, -0.2) is 4.79 Å². The van der Waals surface area contributed by atoms with Gasteiger partial charge in [-0.2, -0.15) is 0 Å². The number of allylic oxidation sites excluding steroid dienone is 4. The molecule has 0 saturated carbocycles. The van der Waals surface area contributed by atoms with Crippen LogP contribution in [0.4, 0.5) is 11.4 Å². The lowest BCUT2D eigenvalue weighted by Gasteiger charge is -2.30. The van der Waals surface area contributed by atoms with Crippen molar-refractivity contribution in [3.05, 3.63) is 124 Å². The van der Waals surface area contributed by atoms with Gasteiger partial charge in [-0.1, -0.05) is 35.9 Å². The molecule has 2 aliphatic heterocycles. The van der Waals surface area contributed by atoms with Crippen molar-refractivity contribution in [3.63, 3.8) is 0 Å². The molecule has 1 atom stereocenters. The maximum Gasteiger partial charge on any atom is 0.340 e. The first kappa shape index (κ1) is 26.4. The fourth-order valence-corrected chi connectivity index (χ4v) is 5.50. The molecule has 39 heavy (non-hydrogen) atoms. The van der Waals surface area contributed by atoms with Gasteiger partial charge >= 0.3 is 5.97 Å². The number of benzene rings is 3. The van der Waals surface area contributed by atoms with Crippen LogP contribution in [0, 0.1) is 13.8 Å². The van der Waals surface area contributed by atoms with Crippen molar-refractivity contribution in [3.8, 4) is 5.75 Å². The van der Waals surface area contributed by atoms with E-state index in [9.17, 15) is 4.79 Å². The molecule has 1 spiro atoms. The predicted molar refractivity (Wildman–Crippen MR) is 158 cm³/mol. The van der Waals surface area contributed by atoms with Crippen LogP contribution in [0.25, 0.3) is 0 Å². The van der Waals surface area contributed by atoms with Gasteiger partial charge in [0.15, 0.2) is 5.60 Å². The Kier molecular flexibility index (Phi) is 7.09. The Morgan fingerprint density at radius 1 is 0.897 bits per heavy atom. The molecule has 3 aromatic rings. The maximum absolute atomic E-state index is 13.2. The smallest absolute Gasteiger partial charge is 0.340 e. The van der Waals surface area contributed by atoms with Crippen molar-refractivity contribution in [2.75, 3.05) is 23.3 Å². The third-order valence-corrected chi connectivity index (χ3v) is 7.55. The molecule has 5 heteroatoms. The van der Waals surface area contributed by atoms with Gasteiger partial charge in [0.2, 0.25) is 0 Å². The molecule has 2 heterocycles. The van der Waals surface area contributed by atoms with Crippen molar-refractivity contribution in [1.29, 1.82) is 0 Å². The fraction of sp³-hybridized carbons (Fsp3) is 0.265. The van der Waals surface area contributed by atoms with Crippen LogP contribution in [-0.4, -0.2) is 19.1 Å². The summed E-state index contributed by atoms with van der Waals surface area (Å²) in [5.41, 5.74) is 7.35. The van der Waals surface area contributed by atoms with E-state index < -0.39 is 5.60 Å². The third-order valence-electron chi connectivity index (χ3n) is 7.55. The van der Waals surface area contributed by atoms with Gasteiger partial charge in [-0.15, -0.1) is 0 Å². The molecule has 0 saturated heterocycles. The summed E-state index contributed by atoms with van der Waals surface area (Å²) in [4.78, 5) is 15.5. The molecule has 0 bridgehead atoms. The predicted octanol–water partition coefficient (Wildman–Crippen LogP) is 7.80. The number of hydrogen-bond acceptors (Lipinski definition) is 5. The number of esters is 1. The van der Waals surface area contributed by atoms with Gasteiger partial charge in [0, 0.05) is 47.4 Å². The van der Waals surface area contributed by atoms with Gasteiger partial charge < -0.3 is 19.7 Å². The van der Waals surface area contributed by atoms with E-state index in [2.05, 4.69) is 75.2 Å². The van der Waals surface area contributed by atoms with E-state index in [1.165, 1.54) is 5.56 Å². The molecule has 0 aliphatic carbocycles. The molecular formula is C34H36N2O3. The standard InChI is InChI=1S/C34H36N2O3/c1-7-36(8-2)26-14-15-29-32(21-26)38-25(6)20-24(5)31(35-30-16-13-22(3)19-23(30)4)17-18-34(29)28-12-10-9-11-27(28)33(37)39-34/h9-21,35H,7-8H2,1-6H3/b18-17+,25-20+,31-24+. The second-order valence-electron chi connectivity index (χ2n) is 10.3. The van der Waals surface area contributed by atoms with E-state index in [-0.39, 0.29) is 5.97 Å². The van der Waals surface area contributed by atoms with Gasteiger partial charge in [-0.3, -0.25) is 0 Å². The van der Waals surface area contributed by atoms with Crippen LogP contribution in [0.15, 0.2) is 95.9 Å². The topological polar surface area (TPSA) is 50.8 Å². The number of nitrogens with zero attached hydrogens (tertiary/aromatic N) is 1. The lowest BCUT2D eigenvalue weighted by molar-refractivity contribution is 0.0269. The lowest BCUT2D eigenvalue weighted by atomic mass is 9.84. The second-order valence-corrected chi connectivity index (χ2v) is 10.3. The molecule has 200 valence electrons. The minimum atomic E-state index is -1.14. The molecule has 3 aromatic carbocycles. The molecule has 1 N–H and O–H groups in total. The van der Waals surface area contributed by atoms with Gasteiger partial charge in [-0.05, 0) is 95.2 Å². The van der Waals surface area contributed by atoms with E-state index in [4.69, 9.17) is 9.47 Å². The van der Waals surface area contributed by atoms with E-state index in [0.29, 0.717) is 11.3 Å². The Bertz CT molecular complexity index is 1530. The molecular weight excluding hydrogens is 484 g/mol. The summed E-state index contributed by atoms with van der Waals surface area (Å²) in [5, 5.41) is 3.61. The molecule has 1 unspecified atom stereocenters. The first-order chi connectivity index (χ1) is 18.8. The minimum absolute atomic E-state index is 0.345. The molecule has 5 rings (SSSR count). The third kappa shape index (κ3) is 4.85. The summed E-state index contributed by atoms with van der Waals surface area (Å²) in [7, 11) is 0. The summed E-state index contributed by atoms with van der Waals surface area (Å²) in [5.74, 6) is 1.07. The average molecular weight is 521 g/mol. The second kappa shape index (κ2) is 10.5. The van der Waals surface area contributed by atoms with Gasteiger partial charge in [0.1, 0.15) is 11.5 Å². The van der Waals surface area contributed by atoms with Gasteiger partial charge in [0.25, 0.3) is 0 Å². The normalized spacial score (nSPS) is 22.2. The van der Waals surface area contributed by atoms with Crippen molar-refractivity contribution in [1.82, 2.24) is 0 Å². The number of rotatable bonds is 5. The highest BCUT2D eigenvalue weighted by molar-refractivity contribution is 5.96. The quantitative estimate of drug-likeness (QED) is 0.348. The molecule has 5 nitrogen and oxygen atoms in total. The number of anilines is 2. The monoisotopic (exact) mass is 520 g/mol. The van der Waals surface area contributed by atoms with Gasteiger partial charge in [0.05, 0.1) is 5.56 Å². The Morgan fingerprint density at radius 2 is 1.67 bits per heavy atom. The lowest BCUT2D eigenvalue weighted by Crippen LogP contribution is -2.27. The van der Waals surface area contributed by atoms with Crippen molar-refractivity contribution >= 4 is 17.3 Å². The van der Waals surface area contributed by atoms with E-state index in [1.54, 1.807) is 0 Å². The largest absolute Gasteiger partial charge is 0.461 e. The van der Waals surface area contributed by atoms with Crippen LogP contribution in [0.1, 0.15) is 60.3 Å². The van der Waals surface area contributed by atoms with Crippen molar-refractivity contribution in [2.45, 2.75) is 47.1 Å². The van der Waals surface area contributed by atoms with E-state index in [0.717, 1.165) is 58.2 Å². The molecule has 0 radical (unpaired) electrons. The number of fused-ring (bicyclic) bond motifs is 4. The highest BCUT2D eigenvalue weighted by Gasteiger charge is 2.47. The number of hydrogen-bond donors (Lipinski definition) is 1. The van der Waals surface area contributed by atoms with Crippen LogP contribution in [-0.2, 0) is 10.3 Å². The number of aryl methyl sites for hydroxylation is 2. The summed E-state index contributed by atoms with van der Waals surface area (Å²) >= 11 is 0. The summed E-state index contributed by atoms with van der Waals surface area (Å²) in [6.07, 6.45) is 6.05. The summed E-state index contributed by atoms with van der Waals surface area (Å²) in [6, 6.07) is 20.1. The Balaban J connectivity index is 1.73. The average Bonchev–Trinajstić information content (AvgIpc) is 3.20. The number of carbonyl (C=O) groups excluding carboxylic acids is 1. The van der Waals surface area contributed by atoms with E-state index >= 15 is 0 Å². The SMILES string of the molecule is CCN(CC)c1ccc2c(c1)O/C(C)=C/C(C)=C(Nc1ccc(C)cc1C)\C=C\C21OC(=O)c2ccccc21. The van der Waals surface area contributed by atoms with Crippen molar-refractivity contribution in [2.24, 2.45) is 0 Å². The molecule has 2 aliphatic rings. The molecule has 0 aromatic heterocycles. The first-order valence-corrected chi connectivity index (χ1v) is 13.6. The zero-order chi connectivity index (χ0) is 27.7. The summed E-state index contributed by atoms with van der Waals surface area (Å²) in [6.45, 7) is 14.2. The van der Waals surface area contributed by atoms with Crippen LogP contribution < -0.4 is 15.0 Å². The number of nitrogens with one attached hydrogen (secondary N) is 1. The Labute approximate surface area is 231 Å². The van der Waals surface area contributed by atoms with Crippen molar-refractivity contribution < 1.29 is 14.3 Å². The zero-order valence-corrected chi connectivity index (χ0v) is 23.6. The minimum Gasteiger partial charge on any atom is -0.461 e. The highest BCUT2D eigenvalue weighted by atomic mass is 16.6. The maximum atomic E-state index is 13.2. The Morgan fingerprint density at radius 3 is 2.41 bits per heavy atom.